The summed E-state index contributed by atoms with van der Waals surface area (Å²) in [4.78, 5) is 20.2. The highest BCUT2D eigenvalue weighted by Gasteiger charge is 2.28. The summed E-state index contributed by atoms with van der Waals surface area (Å²) >= 11 is 0. The number of nitrogens with one attached hydrogen (secondary N) is 2. The zero-order valence-electron chi connectivity index (χ0n) is 17.9. The van der Waals surface area contributed by atoms with Crippen molar-refractivity contribution in [3.05, 3.63) is 22.9 Å². The molecule has 1 aromatic heterocycles. The van der Waals surface area contributed by atoms with Gasteiger partial charge in [-0.25, -0.2) is 4.98 Å². The van der Waals surface area contributed by atoms with Crippen LogP contribution < -0.4 is 21.3 Å². The molecule has 0 bridgehead atoms. The molecule has 1 saturated heterocycles. The molecule has 29 heavy (non-hydrogen) atoms. The second-order valence-electron chi connectivity index (χ2n) is 9.20. The van der Waals surface area contributed by atoms with E-state index in [1.165, 1.54) is 56.2 Å². The van der Waals surface area contributed by atoms with E-state index >= 15 is 0 Å². The highest BCUT2D eigenvalue weighted by atomic mass is 16.1. The maximum atomic E-state index is 12.9. The van der Waals surface area contributed by atoms with Gasteiger partial charge >= 0.3 is 0 Å². The Morgan fingerprint density at radius 1 is 1.07 bits per heavy atom. The number of hydrogen-bond donors (Lipinski definition) is 3. The van der Waals surface area contributed by atoms with E-state index in [0.717, 1.165) is 44.6 Å². The van der Waals surface area contributed by atoms with Crippen molar-refractivity contribution in [2.75, 3.05) is 18.0 Å². The van der Waals surface area contributed by atoms with Gasteiger partial charge in [0.15, 0.2) is 0 Å². The van der Waals surface area contributed by atoms with Crippen LogP contribution in [0.5, 0.6) is 0 Å². The summed E-state index contributed by atoms with van der Waals surface area (Å²) in [6, 6.07) is 3.38. The molecular formula is C23H37N5O. The highest BCUT2D eigenvalue weighted by Crippen LogP contribution is 2.29. The number of aryl methyl sites for hydroxylation is 2. The lowest BCUT2D eigenvalue weighted by Gasteiger charge is -2.37. The number of piperidine rings is 1. The third-order valence-electron chi connectivity index (χ3n) is 6.76. The van der Waals surface area contributed by atoms with Crippen LogP contribution in [-0.4, -0.2) is 42.2 Å². The number of hydrogen-bond acceptors (Lipinski definition) is 5. The zero-order chi connectivity index (χ0) is 20.2. The Hall–Kier alpha value is -1.66. The summed E-state index contributed by atoms with van der Waals surface area (Å²) in [5.74, 6) is 0.762. The molecule has 6 heteroatoms. The summed E-state index contributed by atoms with van der Waals surface area (Å²) < 4.78 is 0. The standard InChI is InChI=1S/C23H37N5O/c1-16(24)25-23(29)20-15-17-7-5-6-10-21(17)27-22(20)28-13-11-19(12-14-28)26-18-8-3-2-4-9-18/h15-16,18-19,26H,2-14,24H2,1H3,(H,25,29). The third kappa shape index (κ3) is 5.10. The number of carbonyl (C=O) groups is 1. The Morgan fingerprint density at radius 2 is 1.76 bits per heavy atom. The van der Waals surface area contributed by atoms with Crippen LogP contribution in [0.4, 0.5) is 5.82 Å². The van der Waals surface area contributed by atoms with Crippen molar-refractivity contribution in [1.82, 2.24) is 15.6 Å². The van der Waals surface area contributed by atoms with Gasteiger partial charge in [-0.2, -0.15) is 0 Å². The van der Waals surface area contributed by atoms with E-state index in [9.17, 15) is 4.79 Å². The molecule has 1 atom stereocenters. The van der Waals surface area contributed by atoms with Gasteiger partial charge in [-0.3, -0.25) is 4.79 Å². The number of anilines is 1. The molecule has 4 rings (SSSR count). The molecule has 0 spiro atoms. The first-order valence-corrected chi connectivity index (χ1v) is 11.7. The van der Waals surface area contributed by atoms with Crippen LogP contribution in [-0.2, 0) is 12.8 Å². The third-order valence-corrected chi connectivity index (χ3v) is 6.76. The number of nitrogens with two attached hydrogens (primary N) is 1. The second-order valence-corrected chi connectivity index (χ2v) is 9.20. The topological polar surface area (TPSA) is 83.3 Å². The van der Waals surface area contributed by atoms with Gasteiger partial charge in [-0.05, 0) is 69.9 Å². The predicted octanol–water partition coefficient (Wildman–Crippen LogP) is 2.89. The normalized spacial score (nSPS) is 22.2. The number of fused-ring (bicyclic) bond motifs is 1. The van der Waals surface area contributed by atoms with Gasteiger partial charge < -0.3 is 21.3 Å². The van der Waals surface area contributed by atoms with Gasteiger partial charge in [0, 0.05) is 30.9 Å². The van der Waals surface area contributed by atoms with E-state index in [0.29, 0.717) is 17.6 Å². The number of amides is 1. The van der Waals surface area contributed by atoms with Gasteiger partial charge in [-0.15, -0.1) is 0 Å². The van der Waals surface area contributed by atoms with Crippen LogP contribution in [0.15, 0.2) is 6.07 Å². The SMILES string of the molecule is CC(N)NC(=O)c1cc2c(nc1N1CCC(NC3CCCCC3)CC1)CCCC2. The van der Waals surface area contributed by atoms with Crippen molar-refractivity contribution in [3.63, 3.8) is 0 Å². The number of rotatable bonds is 5. The first kappa shape index (κ1) is 20.6. The van der Waals surface area contributed by atoms with Crippen LogP contribution >= 0.6 is 0 Å². The number of carbonyl (C=O) groups excluding carboxylic acids is 1. The van der Waals surface area contributed by atoms with E-state index in [4.69, 9.17) is 10.7 Å². The van der Waals surface area contributed by atoms with Crippen LogP contribution in [0, 0.1) is 0 Å². The summed E-state index contributed by atoms with van der Waals surface area (Å²) in [6.07, 6.45) is 13.1. The predicted molar refractivity (Wildman–Crippen MR) is 117 cm³/mol. The lowest BCUT2D eigenvalue weighted by Crippen LogP contribution is -2.47. The van der Waals surface area contributed by atoms with Crippen LogP contribution in [0.2, 0.25) is 0 Å². The Morgan fingerprint density at radius 3 is 2.48 bits per heavy atom. The Labute approximate surface area is 175 Å². The quantitative estimate of drug-likeness (QED) is 0.663. The molecule has 1 saturated carbocycles. The molecule has 0 radical (unpaired) electrons. The van der Waals surface area contributed by atoms with Crippen molar-refractivity contribution >= 4 is 11.7 Å². The Bertz CT molecular complexity index is 705. The van der Waals surface area contributed by atoms with Crippen LogP contribution in [0.1, 0.15) is 86.3 Å². The largest absolute Gasteiger partial charge is 0.356 e. The summed E-state index contributed by atoms with van der Waals surface area (Å²) in [7, 11) is 0. The van der Waals surface area contributed by atoms with Crippen LogP contribution in [0.25, 0.3) is 0 Å². The zero-order valence-corrected chi connectivity index (χ0v) is 17.9. The van der Waals surface area contributed by atoms with E-state index in [1.807, 2.05) is 0 Å². The minimum atomic E-state index is -0.364. The molecule has 1 amide bonds. The maximum absolute atomic E-state index is 12.9. The lowest BCUT2D eigenvalue weighted by atomic mass is 9.93. The summed E-state index contributed by atoms with van der Waals surface area (Å²) in [6.45, 7) is 3.70. The molecule has 0 aromatic carbocycles. The first-order valence-electron chi connectivity index (χ1n) is 11.7. The van der Waals surface area contributed by atoms with Gasteiger partial charge in [0.05, 0.1) is 11.7 Å². The number of nitrogens with zero attached hydrogens (tertiary/aromatic N) is 2. The molecule has 1 aromatic rings. The molecular weight excluding hydrogens is 362 g/mol. The van der Waals surface area contributed by atoms with E-state index in [-0.39, 0.29) is 12.1 Å². The monoisotopic (exact) mass is 399 g/mol. The summed E-state index contributed by atoms with van der Waals surface area (Å²) in [5, 5.41) is 6.77. The minimum absolute atomic E-state index is 0.0988. The smallest absolute Gasteiger partial charge is 0.256 e. The van der Waals surface area contributed by atoms with Gasteiger partial charge in [0.1, 0.15) is 5.82 Å². The van der Waals surface area contributed by atoms with Gasteiger partial charge in [0.25, 0.3) is 5.91 Å². The van der Waals surface area contributed by atoms with E-state index in [1.54, 1.807) is 6.92 Å². The first-order chi connectivity index (χ1) is 14.1. The van der Waals surface area contributed by atoms with Crippen molar-refractivity contribution in [1.29, 1.82) is 0 Å². The second kappa shape index (κ2) is 9.43. The molecule has 6 nitrogen and oxygen atoms in total. The summed E-state index contributed by atoms with van der Waals surface area (Å²) in [5.41, 5.74) is 8.95. The molecule has 2 heterocycles. The molecule has 1 unspecified atom stereocenters. The minimum Gasteiger partial charge on any atom is -0.356 e. The number of pyridine rings is 1. The molecule has 2 aliphatic carbocycles. The lowest BCUT2D eigenvalue weighted by molar-refractivity contribution is 0.0941. The highest BCUT2D eigenvalue weighted by molar-refractivity contribution is 5.99. The maximum Gasteiger partial charge on any atom is 0.256 e. The average Bonchev–Trinajstić information content (AvgIpc) is 2.73. The molecule has 3 aliphatic rings. The Balaban J connectivity index is 1.47. The fraction of sp³-hybridized carbons (Fsp3) is 0.739. The van der Waals surface area contributed by atoms with Gasteiger partial charge in [0.2, 0.25) is 0 Å². The Kier molecular flexibility index (Phi) is 6.70. The fourth-order valence-corrected chi connectivity index (χ4v) is 5.18. The molecule has 4 N–H and O–H groups in total. The van der Waals surface area contributed by atoms with Crippen LogP contribution in [0.3, 0.4) is 0 Å². The fourth-order valence-electron chi connectivity index (χ4n) is 5.18. The van der Waals surface area contributed by atoms with E-state index in [2.05, 4.69) is 21.6 Å². The molecule has 2 fully saturated rings. The average molecular weight is 400 g/mol. The van der Waals surface area contributed by atoms with E-state index < -0.39 is 0 Å². The number of aromatic nitrogens is 1. The molecule has 160 valence electrons. The van der Waals surface area contributed by atoms with Crippen molar-refractivity contribution in [2.24, 2.45) is 5.73 Å². The van der Waals surface area contributed by atoms with Crippen molar-refractivity contribution in [2.45, 2.75) is 95.8 Å². The van der Waals surface area contributed by atoms with Crippen molar-refractivity contribution < 1.29 is 4.79 Å². The van der Waals surface area contributed by atoms with Crippen molar-refractivity contribution in [3.8, 4) is 0 Å². The molecule has 1 aliphatic heterocycles. The van der Waals surface area contributed by atoms with Gasteiger partial charge in [-0.1, -0.05) is 19.3 Å².